The molecule has 0 aliphatic rings. The molecule has 0 aromatic carbocycles. The Kier molecular flexibility index (Phi) is 5.13. The quantitative estimate of drug-likeness (QED) is 0.553. The minimum Gasteiger partial charge on any atom is -0.480 e. The van der Waals surface area contributed by atoms with Gasteiger partial charge in [0.15, 0.2) is 0 Å². The smallest absolute Gasteiger partial charge is 0.320 e. The molecule has 1 rings (SSSR count). The first-order valence-corrected chi connectivity index (χ1v) is 5.06. The molecule has 0 saturated heterocycles. The highest BCUT2D eigenvalue weighted by molar-refractivity contribution is 5.72. The normalized spacial score (nSPS) is 12.1. The molecule has 0 fully saturated rings. The van der Waals surface area contributed by atoms with Crippen molar-refractivity contribution in [3.63, 3.8) is 0 Å². The molecule has 1 aromatic rings. The second-order valence-electron chi connectivity index (χ2n) is 3.33. The van der Waals surface area contributed by atoms with Crippen LogP contribution in [-0.4, -0.2) is 38.8 Å². The van der Waals surface area contributed by atoms with Gasteiger partial charge in [0, 0.05) is 6.54 Å². The number of aromatic nitrogens is 3. The van der Waals surface area contributed by atoms with Gasteiger partial charge in [-0.3, -0.25) is 4.79 Å². The van der Waals surface area contributed by atoms with Gasteiger partial charge in [-0.15, -0.1) is 5.10 Å². The molecule has 0 aliphatic carbocycles. The molecule has 0 unspecified atom stereocenters. The summed E-state index contributed by atoms with van der Waals surface area (Å²) >= 11 is 0. The van der Waals surface area contributed by atoms with Gasteiger partial charge < -0.3 is 16.2 Å². The summed E-state index contributed by atoms with van der Waals surface area (Å²) in [5.41, 5.74) is 5.36. The van der Waals surface area contributed by atoms with E-state index in [1.54, 1.807) is 6.20 Å². The fraction of sp³-hybridized carbons (Fsp3) is 0.556. The zero-order chi connectivity index (χ0) is 11.8. The van der Waals surface area contributed by atoms with Crippen LogP contribution >= 0.6 is 0 Å². The van der Waals surface area contributed by atoms with E-state index >= 15 is 0 Å². The topological polar surface area (TPSA) is 114 Å². The minimum absolute atomic E-state index is 0.477. The van der Waals surface area contributed by atoms with E-state index in [1.165, 1.54) is 6.20 Å². The maximum absolute atomic E-state index is 10.4. The van der Waals surface area contributed by atoms with Gasteiger partial charge in [0.1, 0.15) is 6.04 Å². The van der Waals surface area contributed by atoms with Gasteiger partial charge in [-0.1, -0.05) is 0 Å². The first-order valence-electron chi connectivity index (χ1n) is 5.06. The van der Waals surface area contributed by atoms with Gasteiger partial charge in [0.2, 0.25) is 5.95 Å². The summed E-state index contributed by atoms with van der Waals surface area (Å²) in [6.07, 6.45) is 5.09. The lowest BCUT2D eigenvalue weighted by molar-refractivity contribution is -0.138. The van der Waals surface area contributed by atoms with Crippen LogP contribution in [0.5, 0.6) is 0 Å². The summed E-state index contributed by atoms with van der Waals surface area (Å²) in [5.74, 6) is -0.478. The van der Waals surface area contributed by atoms with Gasteiger partial charge in [-0.05, 0) is 19.3 Å². The molecule has 4 N–H and O–H groups in total. The van der Waals surface area contributed by atoms with Crippen molar-refractivity contribution < 1.29 is 9.90 Å². The van der Waals surface area contributed by atoms with Crippen LogP contribution in [0.25, 0.3) is 0 Å². The Morgan fingerprint density at radius 3 is 2.94 bits per heavy atom. The van der Waals surface area contributed by atoms with Crippen molar-refractivity contribution in [2.45, 2.75) is 25.3 Å². The number of nitrogens with zero attached hydrogens (tertiary/aromatic N) is 3. The Balaban J connectivity index is 2.07. The van der Waals surface area contributed by atoms with Crippen LogP contribution in [0.3, 0.4) is 0 Å². The van der Waals surface area contributed by atoms with E-state index in [1.807, 2.05) is 0 Å². The van der Waals surface area contributed by atoms with Gasteiger partial charge in [-0.25, -0.2) is 4.98 Å². The number of carboxylic acid groups (broad SMARTS) is 1. The van der Waals surface area contributed by atoms with Crippen LogP contribution in [0.2, 0.25) is 0 Å². The van der Waals surface area contributed by atoms with Crippen molar-refractivity contribution in [2.75, 3.05) is 11.9 Å². The second-order valence-corrected chi connectivity index (χ2v) is 3.33. The maximum atomic E-state index is 10.4. The molecule has 0 amide bonds. The van der Waals surface area contributed by atoms with Crippen LogP contribution < -0.4 is 11.1 Å². The van der Waals surface area contributed by atoms with Crippen molar-refractivity contribution in [1.29, 1.82) is 0 Å². The Morgan fingerprint density at radius 1 is 1.50 bits per heavy atom. The zero-order valence-electron chi connectivity index (χ0n) is 8.83. The molecule has 1 heterocycles. The lowest BCUT2D eigenvalue weighted by Crippen LogP contribution is -2.29. The molecular formula is C9H15N5O2. The second kappa shape index (κ2) is 6.67. The standard InChI is InChI=1S/C9H15N5O2/c10-7(8(15)16)3-1-2-4-11-9-12-5-6-13-14-9/h5-7H,1-4,10H2,(H,15,16)(H,11,12,14)/t7-/m0/s1. The summed E-state index contributed by atoms with van der Waals surface area (Å²) < 4.78 is 0. The molecule has 88 valence electrons. The first kappa shape index (κ1) is 12.3. The number of hydrogen-bond acceptors (Lipinski definition) is 6. The molecule has 0 spiro atoms. The average molecular weight is 225 g/mol. The van der Waals surface area contributed by atoms with Crippen LogP contribution in [0.4, 0.5) is 5.95 Å². The van der Waals surface area contributed by atoms with E-state index in [4.69, 9.17) is 10.8 Å². The van der Waals surface area contributed by atoms with E-state index in [-0.39, 0.29) is 0 Å². The van der Waals surface area contributed by atoms with E-state index in [2.05, 4.69) is 20.5 Å². The van der Waals surface area contributed by atoms with E-state index in [0.717, 1.165) is 12.8 Å². The summed E-state index contributed by atoms with van der Waals surface area (Å²) in [6, 6.07) is -0.769. The highest BCUT2D eigenvalue weighted by Crippen LogP contribution is 2.00. The third-order valence-corrected chi connectivity index (χ3v) is 2.02. The number of unbranched alkanes of at least 4 members (excludes halogenated alkanes) is 1. The van der Waals surface area contributed by atoms with Crippen molar-refractivity contribution in [3.8, 4) is 0 Å². The number of anilines is 1. The molecule has 7 heteroatoms. The van der Waals surface area contributed by atoms with E-state index in [0.29, 0.717) is 18.9 Å². The lowest BCUT2D eigenvalue weighted by Gasteiger charge is -2.06. The van der Waals surface area contributed by atoms with Crippen molar-refractivity contribution in [2.24, 2.45) is 5.73 Å². The predicted molar refractivity (Wildman–Crippen MR) is 57.8 cm³/mol. The maximum Gasteiger partial charge on any atom is 0.320 e. The number of aliphatic carboxylic acids is 1. The summed E-state index contributed by atoms with van der Waals surface area (Å²) in [7, 11) is 0. The first-order chi connectivity index (χ1) is 7.70. The predicted octanol–water partition coefficient (Wildman–Crippen LogP) is -0.134. The number of carbonyl (C=O) groups is 1. The number of nitrogens with one attached hydrogen (secondary N) is 1. The molecule has 16 heavy (non-hydrogen) atoms. The highest BCUT2D eigenvalue weighted by Gasteiger charge is 2.09. The third kappa shape index (κ3) is 4.65. The number of rotatable bonds is 7. The highest BCUT2D eigenvalue weighted by atomic mass is 16.4. The summed E-state index contributed by atoms with van der Waals surface area (Å²) in [6.45, 7) is 0.679. The molecule has 0 aliphatic heterocycles. The van der Waals surface area contributed by atoms with Gasteiger partial charge in [0.05, 0.1) is 12.4 Å². The number of nitrogens with two attached hydrogens (primary N) is 1. The molecule has 0 radical (unpaired) electrons. The zero-order valence-corrected chi connectivity index (χ0v) is 8.83. The Hall–Kier alpha value is -1.76. The average Bonchev–Trinajstić information content (AvgIpc) is 2.29. The molecule has 0 bridgehead atoms. The van der Waals surface area contributed by atoms with Gasteiger partial charge in [0.25, 0.3) is 0 Å². The Bertz CT molecular complexity index is 319. The van der Waals surface area contributed by atoms with Gasteiger partial charge in [-0.2, -0.15) is 5.10 Å². The SMILES string of the molecule is N[C@@H](CCCCNc1nccnn1)C(=O)O. The molecular weight excluding hydrogens is 210 g/mol. The molecule has 1 aromatic heterocycles. The molecule has 7 nitrogen and oxygen atoms in total. The Labute approximate surface area is 93.1 Å². The summed E-state index contributed by atoms with van der Waals surface area (Å²) in [5, 5.41) is 18.9. The minimum atomic E-state index is -0.955. The number of carboxylic acids is 1. The molecule has 1 atom stereocenters. The van der Waals surface area contributed by atoms with Crippen molar-refractivity contribution in [3.05, 3.63) is 12.4 Å². The lowest BCUT2D eigenvalue weighted by atomic mass is 10.1. The third-order valence-electron chi connectivity index (χ3n) is 2.02. The number of hydrogen-bond donors (Lipinski definition) is 3. The summed E-state index contributed by atoms with van der Waals surface area (Å²) in [4.78, 5) is 14.4. The fourth-order valence-electron chi connectivity index (χ4n) is 1.14. The largest absolute Gasteiger partial charge is 0.480 e. The van der Waals surface area contributed by atoms with E-state index in [9.17, 15) is 4.79 Å². The van der Waals surface area contributed by atoms with Crippen molar-refractivity contribution in [1.82, 2.24) is 15.2 Å². The van der Waals surface area contributed by atoms with Gasteiger partial charge >= 0.3 is 5.97 Å². The van der Waals surface area contributed by atoms with Crippen LogP contribution in [0, 0.1) is 0 Å². The fourth-order valence-corrected chi connectivity index (χ4v) is 1.14. The van der Waals surface area contributed by atoms with Crippen LogP contribution in [0.1, 0.15) is 19.3 Å². The van der Waals surface area contributed by atoms with Crippen molar-refractivity contribution >= 4 is 11.9 Å². The monoisotopic (exact) mass is 225 g/mol. The molecule has 0 saturated carbocycles. The Morgan fingerprint density at radius 2 is 2.31 bits per heavy atom. The van der Waals surface area contributed by atoms with E-state index < -0.39 is 12.0 Å². The van der Waals surface area contributed by atoms with Crippen LogP contribution in [0.15, 0.2) is 12.4 Å². The van der Waals surface area contributed by atoms with Crippen LogP contribution in [-0.2, 0) is 4.79 Å².